The maximum absolute atomic E-state index is 12.3. The SMILES string of the molecule is Cc1ccc(Oc2ccccc2NC(=O)CNC(=O)c2ccccc2Cl)cc1. The number of hydrogen-bond donors (Lipinski definition) is 2. The molecule has 28 heavy (non-hydrogen) atoms. The number of benzene rings is 3. The third kappa shape index (κ3) is 5.11. The number of amides is 2. The van der Waals surface area contributed by atoms with Crippen LogP contribution in [0.3, 0.4) is 0 Å². The van der Waals surface area contributed by atoms with Gasteiger partial charge in [0.1, 0.15) is 5.75 Å². The van der Waals surface area contributed by atoms with E-state index in [1.54, 1.807) is 42.5 Å². The molecule has 0 aliphatic rings. The first-order chi connectivity index (χ1) is 13.5. The lowest BCUT2D eigenvalue weighted by Gasteiger charge is -2.13. The maximum atomic E-state index is 12.3. The maximum Gasteiger partial charge on any atom is 0.253 e. The first kappa shape index (κ1) is 19.5. The second-order valence-corrected chi connectivity index (χ2v) is 6.53. The van der Waals surface area contributed by atoms with Gasteiger partial charge in [-0.15, -0.1) is 0 Å². The number of carbonyl (C=O) groups is 2. The van der Waals surface area contributed by atoms with Gasteiger partial charge in [0.05, 0.1) is 22.8 Å². The van der Waals surface area contributed by atoms with Gasteiger partial charge < -0.3 is 15.4 Å². The monoisotopic (exact) mass is 394 g/mol. The molecule has 0 spiro atoms. The number of anilines is 1. The molecular weight excluding hydrogens is 376 g/mol. The van der Waals surface area contributed by atoms with Crippen LogP contribution in [0.15, 0.2) is 72.8 Å². The summed E-state index contributed by atoms with van der Waals surface area (Å²) in [7, 11) is 0. The van der Waals surface area contributed by atoms with Crippen LogP contribution in [0.5, 0.6) is 11.5 Å². The highest BCUT2D eigenvalue weighted by molar-refractivity contribution is 6.33. The molecule has 2 amide bonds. The van der Waals surface area contributed by atoms with Gasteiger partial charge in [0.25, 0.3) is 5.91 Å². The van der Waals surface area contributed by atoms with Gasteiger partial charge in [0.15, 0.2) is 5.75 Å². The Balaban J connectivity index is 1.62. The van der Waals surface area contributed by atoms with Crippen LogP contribution in [0.25, 0.3) is 0 Å². The zero-order valence-corrected chi connectivity index (χ0v) is 16.0. The third-order valence-electron chi connectivity index (χ3n) is 3.94. The molecule has 3 aromatic rings. The number of nitrogens with one attached hydrogen (secondary N) is 2. The zero-order chi connectivity index (χ0) is 19.9. The fourth-order valence-corrected chi connectivity index (χ4v) is 2.71. The van der Waals surface area contributed by atoms with Crippen molar-refractivity contribution in [1.29, 1.82) is 0 Å². The Labute approximate surface area is 168 Å². The predicted molar refractivity (Wildman–Crippen MR) is 110 cm³/mol. The van der Waals surface area contributed by atoms with E-state index in [4.69, 9.17) is 16.3 Å². The molecule has 5 nitrogen and oxygen atoms in total. The van der Waals surface area contributed by atoms with E-state index in [1.165, 1.54) is 0 Å². The van der Waals surface area contributed by atoms with Crippen molar-refractivity contribution in [2.75, 3.05) is 11.9 Å². The fraction of sp³-hybridized carbons (Fsp3) is 0.0909. The summed E-state index contributed by atoms with van der Waals surface area (Å²) in [6, 6.07) is 21.4. The minimum absolute atomic E-state index is 0.192. The number of para-hydroxylation sites is 2. The molecule has 3 aromatic carbocycles. The zero-order valence-electron chi connectivity index (χ0n) is 15.2. The third-order valence-corrected chi connectivity index (χ3v) is 4.27. The Morgan fingerprint density at radius 3 is 2.36 bits per heavy atom. The summed E-state index contributed by atoms with van der Waals surface area (Å²) in [5, 5.41) is 5.64. The molecule has 2 N–H and O–H groups in total. The first-order valence-corrected chi connectivity index (χ1v) is 9.07. The van der Waals surface area contributed by atoms with Crippen molar-refractivity contribution in [2.45, 2.75) is 6.92 Å². The molecule has 0 saturated carbocycles. The molecule has 3 rings (SSSR count). The molecular formula is C22H19ClN2O3. The summed E-state index contributed by atoms with van der Waals surface area (Å²) < 4.78 is 5.86. The van der Waals surface area contributed by atoms with Gasteiger partial charge in [-0.3, -0.25) is 9.59 Å². The number of carbonyl (C=O) groups excluding carboxylic acids is 2. The van der Waals surface area contributed by atoms with Crippen LogP contribution in [0.2, 0.25) is 5.02 Å². The summed E-state index contributed by atoms with van der Waals surface area (Å²) in [5.74, 6) is 0.391. The number of halogens is 1. The summed E-state index contributed by atoms with van der Waals surface area (Å²) in [6.07, 6.45) is 0. The molecule has 0 saturated heterocycles. The van der Waals surface area contributed by atoms with Crippen LogP contribution in [-0.2, 0) is 4.79 Å². The van der Waals surface area contributed by atoms with Crippen molar-refractivity contribution in [3.8, 4) is 11.5 Å². The first-order valence-electron chi connectivity index (χ1n) is 8.69. The minimum Gasteiger partial charge on any atom is -0.455 e. The average molecular weight is 395 g/mol. The van der Waals surface area contributed by atoms with Crippen LogP contribution in [-0.4, -0.2) is 18.4 Å². The van der Waals surface area contributed by atoms with E-state index < -0.39 is 5.91 Å². The Kier molecular flexibility index (Phi) is 6.29. The van der Waals surface area contributed by atoms with Crippen molar-refractivity contribution < 1.29 is 14.3 Å². The largest absolute Gasteiger partial charge is 0.455 e. The van der Waals surface area contributed by atoms with Gasteiger partial charge in [-0.1, -0.05) is 53.6 Å². The Morgan fingerprint density at radius 1 is 0.929 bits per heavy atom. The molecule has 0 aliphatic carbocycles. The second-order valence-electron chi connectivity index (χ2n) is 6.12. The van der Waals surface area contributed by atoms with Gasteiger partial charge >= 0.3 is 0 Å². The quantitative estimate of drug-likeness (QED) is 0.630. The number of ether oxygens (including phenoxy) is 1. The molecule has 0 bridgehead atoms. The van der Waals surface area contributed by atoms with Crippen molar-refractivity contribution in [2.24, 2.45) is 0 Å². The number of aryl methyl sites for hydroxylation is 1. The van der Waals surface area contributed by atoms with E-state index in [2.05, 4.69) is 10.6 Å². The van der Waals surface area contributed by atoms with Gasteiger partial charge in [-0.25, -0.2) is 0 Å². The number of hydrogen-bond acceptors (Lipinski definition) is 3. The number of rotatable bonds is 6. The standard InChI is InChI=1S/C22H19ClN2O3/c1-15-10-12-16(13-11-15)28-20-9-5-4-8-19(20)25-21(26)14-24-22(27)17-6-2-3-7-18(17)23/h2-13H,14H2,1H3,(H,24,27)(H,25,26). The van der Waals surface area contributed by atoms with E-state index >= 15 is 0 Å². The fourth-order valence-electron chi connectivity index (χ4n) is 2.49. The molecule has 6 heteroatoms. The topological polar surface area (TPSA) is 67.4 Å². The Bertz CT molecular complexity index is 987. The van der Waals surface area contributed by atoms with Crippen molar-refractivity contribution in [1.82, 2.24) is 5.32 Å². The average Bonchev–Trinajstić information content (AvgIpc) is 2.70. The van der Waals surface area contributed by atoms with E-state index in [1.807, 2.05) is 37.3 Å². The molecule has 0 aliphatic heterocycles. The Morgan fingerprint density at radius 2 is 1.61 bits per heavy atom. The van der Waals surface area contributed by atoms with Gasteiger partial charge in [0, 0.05) is 0 Å². The van der Waals surface area contributed by atoms with Crippen LogP contribution in [0.4, 0.5) is 5.69 Å². The van der Waals surface area contributed by atoms with E-state index in [0.717, 1.165) is 5.56 Å². The summed E-state index contributed by atoms with van der Waals surface area (Å²) >= 11 is 5.99. The predicted octanol–water partition coefficient (Wildman–Crippen LogP) is 4.81. The lowest BCUT2D eigenvalue weighted by molar-refractivity contribution is -0.115. The molecule has 0 radical (unpaired) electrons. The highest BCUT2D eigenvalue weighted by atomic mass is 35.5. The molecule has 0 fully saturated rings. The molecule has 0 aromatic heterocycles. The molecule has 0 heterocycles. The Hall–Kier alpha value is -3.31. The van der Waals surface area contributed by atoms with Gasteiger partial charge in [-0.2, -0.15) is 0 Å². The summed E-state index contributed by atoms with van der Waals surface area (Å²) in [5.41, 5.74) is 1.96. The van der Waals surface area contributed by atoms with Crippen molar-refractivity contribution >= 4 is 29.1 Å². The second kappa shape index (κ2) is 9.06. The van der Waals surface area contributed by atoms with E-state index in [-0.39, 0.29) is 12.5 Å². The van der Waals surface area contributed by atoms with E-state index in [9.17, 15) is 9.59 Å². The normalized spacial score (nSPS) is 10.2. The highest BCUT2D eigenvalue weighted by Gasteiger charge is 2.12. The molecule has 0 unspecified atom stereocenters. The highest BCUT2D eigenvalue weighted by Crippen LogP contribution is 2.29. The summed E-state index contributed by atoms with van der Waals surface area (Å²) in [4.78, 5) is 24.4. The van der Waals surface area contributed by atoms with Crippen LogP contribution < -0.4 is 15.4 Å². The molecule has 0 atom stereocenters. The van der Waals surface area contributed by atoms with Crippen LogP contribution in [0.1, 0.15) is 15.9 Å². The van der Waals surface area contributed by atoms with Crippen molar-refractivity contribution in [3.05, 3.63) is 88.9 Å². The van der Waals surface area contributed by atoms with Gasteiger partial charge in [-0.05, 0) is 43.3 Å². The van der Waals surface area contributed by atoms with Crippen molar-refractivity contribution in [3.63, 3.8) is 0 Å². The molecule has 142 valence electrons. The lowest BCUT2D eigenvalue weighted by Crippen LogP contribution is -2.33. The summed E-state index contributed by atoms with van der Waals surface area (Å²) in [6.45, 7) is 1.80. The van der Waals surface area contributed by atoms with Crippen LogP contribution in [0, 0.1) is 6.92 Å². The smallest absolute Gasteiger partial charge is 0.253 e. The minimum atomic E-state index is -0.412. The van der Waals surface area contributed by atoms with Crippen LogP contribution >= 0.6 is 11.6 Å². The van der Waals surface area contributed by atoms with E-state index in [0.29, 0.717) is 27.8 Å². The lowest BCUT2D eigenvalue weighted by atomic mass is 10.2. The van der Waals surface area contributed by atoms with Gasteiger partial charge in [0.2, 0.25) is 5.91 Å².